The number of hydrogen-bond acceptors (Lipinski definition) is 4. The van der Waals surface area contributed by atoms with Gasteiger partial charge in [-0.05, 0) is 54.3 Å². The van der Waals surface area contributed by atoms with Crippen LogP contribution in [0.4, 0.5) is 18.9 Å². The van der Waals surface area contributed by atoms with Crippen molar-refractivity contribution in [3.05, 3.63) is 59.2 Å². The second-order valence-electron chi connectivity index (χ2n) is 6.66. The van der Waals surface area contributed by atoms with Gasteiger partial charge in [-0.25, -0.2) is 8.42 Å². The van der Waals surface area contributed by atoms with Crippen LogP contribution in [-0.4, -0.2) is 33.5 Å². The van der Waals surface area contributed by atoms with Crippen molar-refractivity contribution < 1.29 is 31.1 Å². The maximum Gasteiger partial charge on any atom is 0.573 e. The van der Waals surface area contributed by atoms with Gasteiger partial charge in [-0.15, -0.1) is 13.2 Å². The minimum atomic E-state index is -4.76. The number of anilines is 1. The van der Waals surface area contributed by atoms with E-state index in [1.54, 1.807) is 18.2 Å². The number of ether oxygens (including phenoxy) is 1. The van der Waals surface area contributed by atoms with Crippen molar-refractivity contribution in [2.24, 2.45) is 0 Å². The summed E-state index contributed by atoms with van der Waals surface area (Å²) < 4.78 is 65.5. The molecule has 1 N–H and O–H groups in total. The first-order valence-corrected chi connectivity index (χ1v) is 10.6. The number of nitrogens with one attached hydrogen (secondary N) is 1. The van der Waals surface area contributed by atoms with E-state index < -0.39 is 16.4 Å². The topological polar surface area (TPSA) is 75.7 Å². The number of nitrogens with zero attached hydrogens (tertiary/aromatic N) is 1. The average molecular weight is 428 g/mol. The van der Waals surface area contributed by atoms with Crippen molar-refractivity contribution in [3.8, 4) is 5.75 Å². The molecule has 0 spiro atoms. The van der Waals surface area contributed by atoms with Crippen LogP contribution in [0.3, 0.4) is 0 Å². The molecule has 156 valence electrons. The van der Waals surface area contributed by atoms with E-state index in [1.165, 1.54) is 28.6 Å². The summed E-state index contributed by atoms with van der Waals surface area (Å²) in [5.74, 6) is -0.697. The first kappa shape index (κ1) is 21.0. The van der Waals surface area contributed by atoms with Gasteiger partial charge in [-0.2, -0.15) is 0 Å². The van der Waals surface area contributed by atoms with Gasteiger partial charge in [-0.3, -0.25) is 9.10 Å². The first-order chi connectivity index (χ1) is 13.5. The number of hydrogen-bond donors (Lipinski definition) is 1. The van der Waals surface area contributed by atoms with Gasteiger partial charge >= 0.3 is 6.36 Å². The molecule has 0 saturated heterocycles. The molecule has 29 heavy (non-hydrogen) atoms. The van der Waals surface area contributed by atoms with Gasteiger partial charge in [0.15, 0.2) is 0 Å². The number of halogens is 3. The summed E-state index contributed by atoms with van der Waals surface area (Å²) in [7, 11) is -3.38. The van der Waals surface area contributed by atoms with E-state index in [4.69, 9.17) is 0 Å². The molecule has 6 nitrogen and oxygen atoms in total. The van der Waals surface area contributed by atoms with Crippen LogP contribution in [0.5, 0.6) is 5.75 Å². The molecule has 2 aromatic rings. The normalized spacial score (nSPS) is 14.3. The second kappa shape index (κ2) is 7.94. The number of sulfonamides is 1. The lowest BCUT2D eigenvalue weighted by Gasteiger charge is -2.29. The van der Waals surface area contributed by atoms with Gasteiger partial charge in [0.25, 0.3) is 5.91 Å². The summed E-state index contributed by atoms with van der Waals surface area (Å²) in [4.78, 5) is 12.4. The highest BCUT2D eigenvalue weighted by molar-refractivity contribution is 7.92. The van der Waals surface area contributed by atoms with Crippen LogP contribution < -0.4 is 14.4 Å². The Bertz CT molecular complexity index is 1010. The number of benzene rings is 2. The molecule has 0 aliphatic carbocycles. The van der Waals surface area contributed by atoms with Crippen molar-refractivity contribution >= 4 is 21.6 Å². The first-order valence-electron chi connectivity index (χ1n) is 8.76. The van der Waals surface area contributed by atoms with Crippen molar-refractivity contribution in [3.63, 3.8) is 0 Å². The van der Waals surface area contributed by atoms with E-state index in [-0.39, 0.29) is 18.2 Å². The summed E-state index contributed by atoms with van der Waals surface area (Å²) in [6, 6.07) is 10.0. The van der Waals surface area contributed by atoms with Gasteiger partial charge in [-0.1, -0.05) is 12.1 Å². The minimum Gasteiger partial charge on any atom is -0.406 e. The molecule has 0 atom stereocenters. The highest BCUT2D eigenvalue weighted by Gasteiger charge is 2.31. The third kappa shape index (κ3) is 5.41. The molecular formula is C19H19F3N2O4S. The fourth-order valence-corrected chi connectivity index (χ4v) is 4.14. The standard InChI is InChI=1S/C19H19F3N2O4S/c1-29(26,27)24-10-2-3-14-11-15(6-9-17(14)24)18(25)23-12-13-4-7-16(8-5-13)28-19(20,21)22/h4-9,11H,2-3,10,12H2,1H3,(H,23,25). The van der Waals surface area contributed by atoms with E-state index in [0.717, 1.165) is 11.8 Å². The number of amides is 1. The van der Waals surface area contributed by atoms with Crippen LogP contribution >= 0.6 is 0 Å². The summed E-state index contributed by atoms with van der Waals surface area (Å²) in [5, 5.41) is 2.70. The molecule has 1 heterocycles. The smallest absolute Gasteiger partial charge is 0.406 e. The van der Waals surface area contributed by atoms with E-state index in [2.05, 4.69) is 10.1 Å². The quantitative estimate of drug-likeness (QED) is 0.794. The van der Waals surface area contributed by atoms with Crippen LogP contribution in [-0.2, 0) is 23.0 Å². The SMILES string of the molecule is CS(=O)(=O)N1CCCc2cc(C(=O)NCc3ccc(OC(F)(F)F)cc3)ccc21. The molecule has 0 bridgehead atoms. The average Bonchev–Trinajstić information content (AvgIpc) is 2.64. The van der Waals surface area contributed by atoms with Crippen LogP contribution in [0.15, 0.2) is 42.5 Å². The fourth-order valence-electron chi connectivity index (χ4n) is 3.14. The molecule has 1 aliphatic heterocycles. The predicted molar refractivity (Wildman–Crippen MR) is 101 cm³/mol. The zero-order chi connectivity index (χ0) is 21.2. The van der Waals surface area contributed by atoms with Crippen LogP contribution in [0, 0.1) is 0 Å². The summed E-state index contributed by atoms with van der Waals surface area (Å²) in [6.45, 7) is 0.531. The Hall–Kier alpha value is -2.75. The number of fused-ring (bicyclic) bond motifs is 1. The summed E-state index contributed by atoms with van der Waals surface area (Å²) in [6.07, 6.45) is -2.27. The number of carbonyl (C=O) groups excluding carboxylic acids is 1. The molecule has 0 radical (unpaired) electrons. The highest BCUT2D eigenvalue weighted by Crippen LogP contribution is 2.30. The minimum absolute atomic E-state index is 0.123. The fraction of sp³-hybridized carbons (Fsp3) is 0.316. The molecule has 0 fully saturated rings. The lowest BCUT2D eigenvalue weighted by atomic mass is 10.0. The molecule has 2 aromatic carbocycles. The maximum atomic E-state index is 12.4. The Kier molecular flexibility index (Phi) is 5.74. The van der Waals surface area contributed by atoms with Crippen LogP contribution in [0.1, 0.15) is 27.9 Å². The summed E-state index contributed by atoms with van der Waals surface area (Å²) in [5.41, 5.74) is 2.35. The zero-order valence-electron chi connectivity index (χ0n) is 15.5. The van der Waals surface area contributed by atoms with Gasteiger partial charge < -0.3 is 10.1 Å². The molecule has 0 saturated carbocycles. The Morgan fingerprint density at radius 1 is 1.17 bits per heavy atom. The van der Waals surface area contributed by atoms with E-state index in [9.17, 15) is 26.4 Å². The van der Waals surface area contributed by atoms with Crippen molar-refractivity contribution in [1.29, 1.82) is 0 Å². The maximum absolute atomic E-state index is 12.4. The highest BCUT2D eigenvalue weighted by atomic mass is 32.2. The predicted octanol–water partition coefficient (Wildman–Crippen LogP) is 3.23. The molecule has 10 heteroatoms. The van der Waals surface area contributed by atoms with Gasteiger partial charge in [0, 0.05) is 18.7 Å². The monoisotopic (exact) mass is 428 g/mol. The molecule has 1 aliphatic rings. The van der Waals surface area contributed by atoms with E-state index in [1.807, 2.05) is 0 Å². The molecule has 3 rings (SSSR count). The lowest BCUT2D eigenvalue weighted by Crippen LogP contribution is -2.34. The molecule has 1 amide bonds. The second-order valence-corrected chi connectivity index (χ2v) is 8.56. The summed E-state index contributed by atoms with van der Waals surface area (Å²) >= 11 is 0. The lowest BCUT2D eigenvalue weighted by molar-refractivity contribution is -0.274. The Labute approximate surface area is 166 Å². The third-order valence-electron chi connectivity index (χ3n) is 4.43. The Morgan fingerprint density at radius 2 is 1.86 bits per heavy atom. The molecule has 0 unspecified atom stereocenters. The molecule has 0 aromatic heterocycles. The zero-order valence-corrected chi connectivity index (χ0v) is 16.3. The van der Waals surface area contributed by atoms with Crippen molar-refractivity contribution in [2.75, 3.05) is 17.1 Å². The molecular weight excluding hydrogens is 409 g/mol. The Morgan fingerprint density at radius 3 is 2.48 bits per heavy atom. The van der Waals surface area contributed by atoms with Crippen LogP contribution in [0.2, 0.25) is 0 Å². The Balaban J connectivity index is 1.66. The van der Waals surface area contributed by atoms with E-state index in [0.29, 0.717) is 36.2 Å². The van der Waals surface area contributed by atoms with Gasteiger partial charge in [0.1, 0.15) is 5.75 Å². The van der Waals surface area contributed by atoms with E-state index >= 15 is 0 Å². The van der Waals surface area contributed by atoms with Gasteiger partial charge in [0.2, 0.25) is 10.0 Å². The largest absolute Gasteiger partial charge is 0.573 e. The number of alkyl halides is 3. The number of rotatable bonds is 5. The van der Waals surface area contributed by atoms with Crippen molar-refractivity contribution in [2.45, 2.75) is 25.7 Å². The number of carbonyl (C=O) groups is 1. The van der Waals surface area contributed by atoms with Crippen LogP contribution in [0.25, 0.3) is 0 Å². The number of aryl methyl sites for hydroxylation is 1. The van der Waals surface area contributed by atoms with Crippen molar-refractivity contribution in [1.82, 2.24) is 5.32 Å². The third-order valence-corrected chi connectivity index (χ3v) is 5.61. The van der Waals surface area contributed by atoms with Gasteiger partial charge in [0.05, 0.1) is 11.9 Å².